The monoisotopic (exact) mass is 250 g/mol. The Morgan fingerprint density at radius 2 is 2.00 bits per heavy atom. The average Bonchev–Trinajstić information content (AvgIpc) is 2.68. The van der Waals surface area contributed by atoms with Gasteiger partial charge in [0.2, 0.25) is 0 Å². The standard InChI is InChI=1S/C11H14N4O3/c1-7(16)4-5-15-10(17)8-9(12-6-13(8)2)14(3)11(15)18/h6H,4-5H2,1-3H3. The Hall–Kier alpha value is -2.18. The molecule has 0 unspecified atom stereocenters. The molecule has 0 aromatic carbocycles. The summed E-state index contributed by atoms with van der Waals surface area (Å²) in [6.45, 7) is 1.53. The Labute approximate surface area is 102 Å². The lowest BCUT2D eigenvalue weighted by atomic mass is 10.3. The molecule has 0 bridgehead atoms. The molecule has 0 amide bonds. The van der Waals surface area contributed by atoms with E-state index in [9.17, 15) is 14.4 Å². The fourth-order valence-corrected chi connectivity index (χ4v) is 1.86. The topological polar surface area (TPSA) is 78.9 Å². The van der Waals surface area contributed by atoms with Crippen molar-refractivity contribution >= 4 is 16.9 Å². The first kappa shape index (κ1) is 12.3. The van der Waals surface area contributed by atoms with Gasteiger partial charge in [-0.3, -0.25) is 18.7 Å². The number of aryl methyl sites for hydroxylation is 2. The second kappa shape index (κ2) is 4.25. The molecule has 2 rings (SSSR count). The molecule has 0 saturated heterocycles. The van der Waals surface area contributed by atoms with Crippen molar-refractivity contribution < 1.29 is 4.79 Å². The Kier molecular flexibility index (Phi) is 2.90. The largest absolute Gasteiger partial charge is 0.332 e. The summed E-state index contributed by atoms with van der Waals surface area (Å²) < 4.78 is 3.96. The minimum atomic E-state index is -0.451. The van der Waals surface area contributed by atoms with Crippen LogP contribution in [0.3, 0.4) is 0 Å². The number of carbonyl (C=O) groups is 1. The lowest BCUT2D eigenvalue weighted by molar-refractivity contribution is -0.117. The molecule has 0 fully saturated rings. The summed E-state index contributed by atoms with van der Waals surface area (Å²) in [6, 6.07) is 0. The second-order valence-corrected chi connectivity index (χ2v) is 4.28. The van der Waals surface area contributed by atoms with Gasteiger partial charge < -0.3 is 4.57 Å². The van der Waals surface area contributed by atoms with Crippen LogP contribution in [0, 0.1) is 0 Å². The van der Waals surface area contributed by atoms with Crippen LogP contribution in [0.2, 0.25) is 0 Å². The van der Waals surface area contributed by atoms with Crippen molar-refractivity contribution in [1.82, 2.24) is 18.7 Å². The van der Waals surface area contributed by atoms with Gasteiger partial charge in [0, 0.05) is 27.1 Å². The molecule has 2 heterocycles. The normalized spacial score (nSPS) is 11.1. The summed E-state index contributed by atoms with van der Waals surface area (Å²) >= 11 is 0. The maximum absolute atomic E-state index is 12.2. The molecular weight excluding hydrogens is 236 g/mol. The second-order valence-electron chi connectivity index (χ2n) is 4.28. The third kappa shape index (κ3) is 1.77. The Morgan fingerprint density at radius 3 is 2.61 bits per heavy atom. The smallest absolute Gasteiger partial charge is 0.328 e. The molecule has 96 valence electrons. The maximum Gasteiger partial charge on any atom is 0.332 e. The first-order chi connectivity index (χ1) is 8.43. The van der Waals surface area contributed by atoms with Gasteiger partial charge in [-0.15, -0.1) is 0 Å². The Balaban J connectivity index is 2.73. The minimum Gasteiger partial charge on any atom is -0.328 e. The number of hydrogen-bond donors (Lipinski definition) is 0. The van der Waals surface area contributed by atoms with E-state index in [-0.39, 0.29) is 18.7 Å². The van der Waals surface area contributed by atoms with Crippen molar-refractivity contribution in [2.24, 2.45) is 14.1 Å². The third-order valence-corrected chi connectivity index (χ3v) is 2.89. The molecule has 0 radical (unpaired) electrons. The molecule has 0 aliphatic carbocycles. The Bertz CT molecular complexity index is 735. The summed E-state index contributed by atoms with van der Waals surface area (Å²) in [5.41, 5.74) is -0.144. The highest BCUT2D eigenvalue weighted by atomic mass is 16.2. The van der Waals surface area contributed by atoms with E-state index >= 15 is 0 Å². The van der Waals surface area contributed by atoms with Crippen LogP contribution < -0.4 is 11.2 Å². The molecule has 0 saturated carbocycles. The molecule has 7 nitrogen and oxygen atoms in total. The highest BCUT2D eigenvalue weighted by molar-refractivity contribution is 5.75. The summed E-state index contributed by atoms with van der Waals surface area (Å²) in [6.07, 6.45) is 1.65. The number of Topliss-reactive ketones (excluding diaryl/α,β-unsaturated/α-hetero) is 1. The van der Waals surface area contributed by atoms with Gasteiger partial charge in [0.15, 0.2) is 11.2 Å². The number of nitrogens with zero attached hydrogens (tertiary/aromatic N) is 4. The highest BCUT2D eigenvalue weighted by Crippen LogP contribution is 2.02. The van der Waals surface area contributed by atoms with Crippen molar-refractivity contribution in [2.75, 3.05) is 0 Å². The van der Waals surface area contributed by atoms with Gasteiger partial charge >= 0.3 is 5.69 Å². The van der Waals surface area contributed by atoms with E-state index in [1.807, 2.05) is 0 Å². The molecule has 2 aromatic rings. The number of rotatable bonds is 3. The zero-order valence-electron chi connectivity index (χ0n) is 10.5. The van der Waals surface area contributed by atoms with Gasteiger partial charge in [-0.05, 0) is 6.92 Å². The molecule has 0 N–H and O–H groups in total. The van der Waals surface area contributed by atoms with Gasteiger partial charge in [-0.1, -0.05) is 0 Å². The van der Waals surface area contributed by atoms with E-state index in [1.165, 1.54) is 17.8 Å². The zero-order valence-corrected chi connectivity index (χ0v) is 10.5. The lowest BCUT2D eigenvalue weighted by Crippen LogP contribution is -2.39. The third-order valence-electron chi connectivity index (χ3n) is 2.89. The summed E-state index contributed by atoms with van der Waals surface area (Å²) in [4.78, 5) is 39.1. The number of fused-ring (bicyclic) bond motifs is 1. The van der Waals surface area contributed by atoms with Crippen LogP contribution in [0.5, 0.6) is 0 Å². The van der Waals surface area contributed by atoms with Gasteiger partial charge in [0.1, 0.15) is 5.78 Å². The predicted molar refractivity (Wildman–Crippen MR) is 65.5 cm³/mol. The summed E-state index contributed by atoms with van der Waals surface area (Å²) in [5, 5.41) is 0. The summed E-state index contributed by atoms with van der Waals surface area (Å²) in [5.74, 6) is -0.0611. The molecule has 0 aliphatic heterocycles. The van der Waals surface area contributed by atoms with E-state index in [0.29, 0.717) is 11.2 Å². The van der Waals surface area contributed by atoms with Gasteiger partial charge in [0.25, 0.3) is 5.56 Å². The fraction of sp³-hybridized carbons (Fsp3) is 0.455. The maximum atomic E-state index is 12.2. The quantitative estimate of drug-likeness (QED) is 0.729. The Morgan fingerprint density at radius 1 is 1.33 bits per heavy atom. The fourth-order valence-electron chi connectivity index (χ4n) is 1.86. The SMILES string of the molecule is CC(=O)CCn1c(=O)c2c(ncn2C)n(C)c1=O. The molecule has 7 heteroatoms. The van der Waals surface area contributed by atoms with Gasteiger partial charge in [0.05, 0.1) is 6.33 Å². The number of ketones is 1. The molecule has 18 heavy (non-hydrogen) atoms. The van der Waals surface area contributed by atoms with Crippen LogP contribution in [-0.2, 0) is 25.4 Å². The average molecular weight is 250 g/mol. The summed E-state index contributed by atoms with van der Waals surface area (Å²) in [7, 11) is 3.25. The van der Waals surface area contributed by atoms with Crippen LogP contribution in [0.15, 0.2) is 15.9 Å². The number of imidazole rings is 1. The molecule has 2 aromatic heterocycles. The van der Waals surface area contributed by atoms with E-state index in [1.54, 1.807) is 18.7 Å². The highest BCUT2D eigenvalue weighted by Gasteiger charge is 2.14. The zero-order chi connectivity index (χ0) is 13.4. The van der Waals surface area contributed by atoms with Crippen LogP contribution in [-0.4, -0.2) is 24.5 Å². The van der Waals surface area contributed by atoms with Crippen molar-refractivity contribution in [3.05, 3.63) is 27.2 Å². The van der Waals surface area contributed by atoms with Gasteiger partial charge in [-0.25, -0.2) is 9.78 Å². The van der Waals surface area contributed by atoms with Crippen molar-refractivity contribution in [1.29, 1.82) is 0 Å². The first-order valence-corrected chi connectivity index (χ1v) is 5.53. The van der Waals surface area contributed by atoms with Crippen molar-refractivity contribution in [3.63, 3.8) is 0 Å². The van der Waals surface area contributed by atoms with Crippen LogP contribution in [0.25, 0.3) is 11.2 Å². The van der Waals surface area contributed by atoms with Crippen LogP contribution >= 0.6 is 0 Å². The predicted octanol–water partition coefficient (Wildman–Crippen LogP) is -0.587. The van der Waals surface area contributed by atoms with E-state index in [4.69, 9.17) is 0 Å². The molecule has 0 atom stereocenters. The number of carbonyl (C=O) groups excluding carboxylic acids is 1. The lowest BCUT2D eigenvalue weighted by Gasteiger charge is -2.07. The van der Waals surface area contributed by atoms with Crippen molar-refractivity contribution in [2.45, 2.75) is 19.9 Å². The van der Waals surface area contributed by atoms with Gasteiger partial charge in [-0.2, -0.15) is 0 Å². The molecule has 0 spiro atoms. The van der Waals surface area contributed by atoms with Crippen molar-refractivity contribution in [3.8, 4) is 0 Å². The molecule has 0 aliphatic rings. The van der Waals surface area contributed by atoms with Crippen LogP contribution in [0.1, 0.15) is 13.3 Å². The van der Waals surface area contributed by atoms with E-state index < -0.39 is 11.2 Å². The van der Waals surface area contributed by atoms with Crippen LogP contribution in [0.4, 0.5) is 0 Å². The minimum absolute atomic E-state index is 0.0611. The van der Waals surface area contributed by atoms with E-state index in [0.717, 1.165) is 4.57 Å². The molecular formula is C11H14N4O3. The first-order valence-electron chi connectivity index (χ1n) is 5.53. The van der Waals surface area contributed by atoms with E-state index in [2.05, 4.69) is 4.98 Å². The number of hydrogen-bond acceptors (Lipinski definition) is 4. The number of aromatic nitrogens is 4.